The van der Waals surface area contributed by atoms with Crippen LogP contribution >= 0.6 is 0 Å². The highest BCUT2D eigenvalue weighted by Crippen LogP contribution is 2.39. The van der Waals surface area contributed by atoms with Crippen LogP contribution < -0.4 is 15.4 Å². The third-order valence-corrected chi connectivity index (χ3v) is 3.54. The molecule has 0 saturated carbocycles. The first kappa shape index (κ1) is 14.9. The van der Waals surface area contributed by atoms with Crippen LogP contribution in [0.2, 0.25) is 0 Å². The van der Waals surface area contributed by atoms with Gasteiger partial charge in [-0.1, -0.05) is 18.2 Å². The van der Waals surface area contributed by atoms with Crippen LogP contribution in [0.3, 0.4) is 0 Å². The van der Waals surface area contributed by atoms with Crippen LogP contribution in [0.25, 0.3) is 0 Å². The van der Waals surface area contributed by atoms with E-state index in [4.69, 9.17) is 4.74 Å². The lowest BCUT2D eigenvalue weighted by Crippen LogP contribution is -2.41. The molecule has 110 valence electrons. The number of carbonyl (C=O) groups excluding carboxylic acids is 1. The quantitative estimate of drug-likeness (QED) is 0.812. The molecular formula is C16H24N2O2. The van der Waals surface area contributed by atoms with Gasteiger partial charge in [0.15, 0.2) is 0 Å². The summed E-state index contributed by atoms with van der Waals surface area (Å²) in [6.45, 7) is 4.98. The predicted octanol–water partition coefficient (Wildman–Crippen LogP) is 2.40. The van der Waals surface area contributed by atoms with Crippen molar-refractivity contribution in [1.29, 1.82) is 0 Å². The van der Waals surface area contributed by atoms with Gasteiger partial charge < -0.3 is 15.4 Å². The molecule has 1 heterocycles. The van der Waals surface area contributed by atoms with Crippen LogP contribution in [-0.4, -0.2) is 25.1 Å². The third kappa shape index (κ3) is 3.73. The van der Waals surface area contributed by atoms with E-state index >= 15 is 0 Å². The first-order valence-electron chi connectivity index (χ1n) is 7.24. The molecule has 1 atom stereocenters. The lowest BCUT2D eigenvalue weighted by Gasteiger charge is -2.37. The van der Waals surface area contributed by atoms with Crippen LogP contribution in [0, 0.1) is 0 Å². The van der Waals surface area contributed by atoms with Gasteiger partial charge in [-0.3, -0.25) is 4.79 Å². The molecule has 0 aliphatic carbocycles. The zero-order valence-corrected chi connectivity index (χ0v) is 12.5. The van der Waals surface area contributed by atoms with Crippen molar-refractivity contribution in [1.82, 2.24) is 10.6 Å². The van der Waals surface area contributed by atoms with Gasteiger partial charge in [0.1, 0.15) is 11.4 Å². The smallest absolute Gasteiger partial charge is 0.220 e. The average Bonchev–Trinajstić information content (AvgIpc) is 2.37. The molecule has 1 amide bonds. The van der Waals surface area contributed by atoms with Crippen molar-refractivity contribution in [2.75, 3.05) is 13.6 Å². The van der Waals surface area contributed by atoms with Gasteiger partial charge in [0.05, 0.1) is 6.04 Å². The summed E-state index contributed by atoms with van der Waals surface area (Å²) in [5.74, 6) is 0.988. The minimum absolute atomic E-state index is 0.0389. The second kappa shape index (κ2) is 6.27. The third-order valence-electron chi connectivity index (χ3n) is 3.54. The molecule has 0 aromatic heterocycles. The minimum atomic E-state index is -0.253. The molecule has 1 aliphatic heterocycles. The Labute approximate surface area is 120 Å². The summed E-state index contributed by atoms with van der Waals surface area (Å²) >= 11 is 0. The Hall–Kier alpha value is -1.55. The zero-order valence-electron chi connectivity index (χ0n) is 12.5. The summed E-state index contributed by atoms with van der Waals surface area (Å²) in [6, 6.07) is 7.99. The van der Waals surface area contributed by atoms with E-state index in [-0.39, 0.29) is 17.6 Å². The second-order valence-electron chi connectivity index (χ2n) is 5.93. The van der Waals surface area contributed by atoms with Crippen LogP contribution in [0.1, 0.15) is 44.7 Å². The maximum absolute atomic E-state index is 12.0. The van der Waals surface area contributed by atoms with E-state index < -0.39 is 0 Å². The van der Waals surface area contributed by atoms with Gasteiger partial charge in [0.25, 0.3) is 0 Å². The molecule has 2 rings (SSSR count). The molecular weight excluding hydrogens is 252 g/mol. The number of para-hydroxylation sites is 1. The van der Waals surface area contributed by atoms with Gasteiger partial charge >= 0.3 is 0 Å². The van der Waals surface area contributed by atoms with Crippen LogP contribution in [0.5, 0.6) is 5.75 Å². The van der Waals surface area contributed by atoms with E-state index in [9.17, 15) is 4.79 Å². The van der Waals surface area contributed by atoms with Crippen molar-refractivity contribution >= 4 is 5.91 Å². The highest BCUT2D eigenvalue weighted by atomic mass is 16.5. The standard InChI is InChI=1S/C16H24N2O2/c1-16(2)11-13(18-15(19)9-6-10-17-3)12-7-4-5-8-14(12)20-16/h4-5,7-8,13,17H,6,9-11H2,1-3H3,(H,18,19). The summed E-state index contributed by atoms with van der Waals surface area (Å²) < 4.78 is 5.97. The summed E-state index contributed by atoms with van der Waals surface area (Å²) in [6.07, 6.45) is 2.21. The van der Waals surface area contributed by atoms with Crippen molar-refractivity contribution in [3.05, 3.63) is 29.8 Å². The Morgan fingerprint density at radius 1 is 1.40 bits per heavy atom. The minimum Gasteiger partial charge on any atom is -0.487 e. The molecule has 1 aliphatic rings. The summed E-state index contributed by atoms with van der Waals surface area (Å²) in [5, 5.41) is 6.20. The largest absolute Gasteiger partial charge is 0.487 e. The summed E-state index contributed by atoms with van der Waals surface area (Å²) in [4.78, 5) is 12.0. The number of nitrogens with one attached hydrogen (secondary N) is 2. The number of rotatable bonds is 5. The van der Waals surface area contributed by atoms with Crippen molar-refractivity contribution < 1.29 is 9.53 Å². The maximum atomic E-state index is 12.0. The van der Waals surface area contributed by atoms with E-state index in [0.29, 0.717) is 6.42 Å². The molecule has 0 spiro atoms. The Morgan fingerprint density at radius 3 is 2.90 bits per heavy atom. The summed E-state index contributed by atoms with van der Waals surface area (Å²) in [7, 11) is 1.90. The van der Waals surface area contributed by atoms with Gasteiger partial charge in [-0.2, -0.15) is 0 Å². The van der Waals surface area contributed by atoms with Gasteiger partial charge in [-0.05, 0) is 39.9 Å². The zero-order chi connectivity index (χ0) is 14.6. The number of hydrogen-bond acceptors (Lipinski definition) is 3. The highest BCUT2D eigenvalue weighted by molar-refractivity contribution is 5.76. The average molecular weight is 276 g/mol. The number of carbonyl (C=O) groups is 1. The monoisotopic (exact) mass is 276 g/mol. The van der Waals surface area contributed by atoms with Gasteiger partial charge in [0, 0.05) is 18.4 Å². The molecule has 0 saturated heterocycles. The lowest BCUT2D eigenvalue weighted by atomic mass is 9.89. The number of hydrogen-bond donors (Lipinski definition) is 2. The topological polar surface area (TPSA) is 50.4 Å². The maximum Gasteiger partial charge on any atom is 0.220 e. The number of amides is 1. The van der Waals surface area contributed by atoms with E-state index in [1.807, 2.05) is 31.3 Å². The molecule has 1 aromatic rings. The lowest BCUT2D eigenvalue weighted by molar-refractivity contribution is -0.122. The molecule has 2 N–H and O–H groups in total. The van der Waals surface area contributed by atoms with Crippen LogP contribution in [0.4, 0.5) is 0 Å². The predicted molar refractivity (Wildman–Crippen MR) is 79.8 cm³/mol. The van der Waals surface area contributed by atoms with Crippen molar-refractivity contribution in [3.63, 3.8) is 0 Å². The second-order valence-corrected chi connectivity index (χ2v) is 5.93. The number of ether oxygens (including phenoxy) is 1. The Morgan fingerprint density at radius 2 is 2.15 bits per heavy atom. The van der Waals surface area contributed by atoms with Gasteiger partial charge in [-0.15, -0.1) is 0 Å². The molecule has 0 radical (unpaired) electrons. The fourth-order valence-corrected chi connectivity index (χ4v) is 2.62. The molecule has 4 heteroatoms. The SMILES string of the molecule is CNCCCC(=O)NC1CC(C)(C)Oc2ccccc21. The van der Waals surface area contributed by atoms with Crippen molar-refractivity contribution in [2.24, 2.45) is 0 Å². The summed E-state index contributed by atoms with van der Waals surface area (Å²) in [5.41, 5.74) is 0.825. The van der Waals surface area contributed by atoms with Crippen molar-refractivity contribution in [3.8, 4) is 5.75 Å². The molecule has 0 fully saturated rings. The Balaban J connectivity index is 2.05. The van der Waals surface area contributed by atoms with Crippen LogP contribution in [-0.2, 0) is 4.79 Å². The van der Waals surface area contributed by atoms with E-state index in [1.54, 1.807) is 0 Å². The Kier molecular flexibility index (Phi) is 4.65. The normalized spacial score (nSPS) is 19.9. The van der Waals surface area contributed by atoms with Crippen molar-refractivity contribution in [2.45, 2.75) is 44.8 Å². The van der Waals surface area contributed by atoms with E-state index in [0.717, 1.165) is 30.7 Å². The molecule has 1 aromatic carbocycles. The van der Waals surface area contributed by atoms with E-state index in [2.05, 4.69) is 24.5 Å². The molecule has 20 heavy (non-hydrogen) atoms. The first-order chi connectivity index (χ1) is 9.52. The fourth-order valence-electron chi connectivity index (χ4n) is 2.62. The molecule has 0 bridgehead atoms. The van der Waals surface area contributed by atoms with Crippen LogP contribution in [0.15, 0.2) is 24.3 Å². The van der Waals surface area contributed by atoms with E-state index in [1.165, 1.54) is 0 Å². The molecule has 1 unspecified atom stereocenters. The highest BCUT2D eigenvalue weighted by Gasteiger charge is 2.34. The number of benzene rings is 1. The molecule has 4 nitrogen and oxygen atoms in total. The van der Waals surface area contributed by atoms with Gasteiger partial charge in [0.2, 0.25) is 5.91 Å². The fraction of sp³-hybridized carbons (Fsp3) is 0.562. The first-order valence-corrected chi connectivity index (χ1v) is 7.24. The Bertz CT molecular complexity index is 471. The number of fused-ring (bicyclic) bond motifs is 1. The van der Waals surface area contributed by atoms with Gasteiger partial charge in [-0.25, -0.2) is 0 Å².